The molecule has 0 saturated heterocycles. The molecule has 1 unspecified atom stereocenters. The van der Waals surface area contributed by atoms with E-state index < -0.39 is 17.8 Å². The second-order valence-corrected chi connectivity index (χ2v) is 4.18. The van der Waals surface area contributed by atoms with Gasteiger partial charge in [0.2, 0.25) is 0 Å². The summed E-state index contributed by atoms with van der Waals surface area (Å²) in [7, 11) is 1.36. The first-order valence-corrected chi connectivity index (χ1v) is 5.99. The number of halogens is 1. The van der Waals surface area contributed by atoms with Gasteiger partial charge in [0.25, 0.3) is 0 Å². The zero-order valence-corrected chi connectivity index (χ0v) is 10.8. The number of nitrogens with one attached hydrogen (secondary N) is 1. The van der Waals surface area contributed by atoms with E-state index in [1.807, 2.05) is 6.07 Å². The number of rotatable bonds is 5. The maximum absolute atomic E-state index is 13.7. The highest BCUT2D eigenvalue weighted by Gasteiger charge is 2.21. The monoisotopic (exact) mass is 275 g/mol. The maximum Gasteiger partial charge on any atom is 0.330 e. The number of ether oxygens (including phenoxy) is 1. The predicted molar refractivity (Wildman–Crippen MR) is 73.4 cm³/mol. The fourth-order valence-electron chi connectivity index (χ4n) is 1.85. The Morgan fingerprint density at radius 2 is 1.95 bits per heavy atom. The third-order valence-corrected chi connectivity index (χ3v) is 2.84. The summed E-state index contributed by atoms with van der Waals surface area (Å²) in [6.07, 6.45) is 0. The number of aliphatic carboxylic acids is 1. The maximum atomic E-state index is 13.7. The van der Waals surface area contributed by atoms with Crippen LogP contribution in [0.1, 0.15) is 11.6 Å². The van der Waals surface area contributed by atoms with Crippen molar-refractivity contribution in [1.82, 2.24) is 0 Å². The van der Waals surface area contributed by atoms with Crippen LogP contribution < -0.4 is 10.1 Å². The highest BCUT2D eigenvalue weighted by atomic mass is 19.1. The zero-order chi connectivity index (χ0) is 14.5. The van der Waals surface area contributed by atoms with Crippen LogP contribution in [0.15, 0.2) is 48.5 Å². The van der Waals surface area contributed by atoms with E-state index in [4.69, 9.17) is 4.74 Å². The summed E-state index contributed by atoms with van der Waals surface area (Å²) in [5.41, 5.74) is 0.968. The molecule has 0 radical (unpaired) electrons. The minimum absolute atomic E-state index is 0.0811. The molecule has 0 fully saturated rings. The summed E-state index contributed by atoms with van der Waals surface area (Å²) in [6, 6.07) is 12.0. The number of carboxylic acids is 1. The molecule has 0 spiro atoms. The Bertz CT molecular complexity index is 601. The molecule has 2 aromatic carbocycles. The minimum Gasteiger partial charge on any atom is -0.494 e. The van der Waals surface area contributed by atoms with Crippen LogP contribution in [-0.4, -0.2) is 18.2 Å². The predicted octanol–water partition coefficient (Wildman–Crippen LogP) is 3.07. The standard InChI is InChI=1S/C15H14FNO3/c1-20-13-8-7-10(9-12(13)16)14(15(18)19)17-11-5-3-2-4-6-11/h2-9,14,17H,1H3,(H,18,19). The zero-order valence-electron chi connectivity index (χ0n) is 10.8. The van der Waals surface area contributed by atoms with Crippen molar-refractivity contribution in [3.63, 3.8) is 0 Å². The van der Waals surface area contributed by atoms with Gasteiger partial charge >= 0.3 is 5.97 Å². The molecule has 0 bridgehead atoms. The van der Waals surface area contributed by atoms with Gasteiger partial charge < -0.3 is 15.2 Å². The fraction of sp³-hybridized carbons (Fsp3) is 0.133. The Kier molecular flexibility index (Phi) is 4.20. The summed E-state index contributed by atoms with van der Waals surface area (Å²) in [4.78, 5) is 11.4. The van der Waals surface area contributed by atoms with Crippen LogP contribution in [0.25, 0.3) is 0 Å². The van der Waals surface area contributed by atoms with Crippen molar-refractivity contribution in [3.8, 4) is 5.75 Å². The van der Waals surface area contributed by atoms with Crippen molar-refractivity contribution in [3.05, 3.63) is 59.9 Å². The lowest BCUT2D eigenvalue weighted by molar-refractivity contribution is -0.138. The molecule has 0 aromatic heterocycles. The molecule has 0 saturated carbocycles. The number of anilines is 1. The summed E-state index contributed by atoms with van der Waals surface area (Å²) in [5.74, 6) is -1.60. The molecule has 104 valence electrons. The van der Waals surface area contributed by atoms with Gasteiger partial charge in [-0.1, -0.05) is 24.3 Å². The Labute approximate surface area is 115 Å². The van der Waals surface area contributed by atoms with Crippen LogP contribution in [0, 0.1) is 5.82 Å². The normalized spacial score (nSPS) is 11.7. The molecule has 0 aliphatic rings. The van der Waals surface area contributed by atoms with E-state index in [1.165, 1.54) is 19.2 Å². The van der Waals surface area contributed by atoms with Crippen molar-refractivity contribution < 1.29 is 19.0 Å². The van der Waals surface area contributed by atoms with Crippen LogP contribution >= 0.6 is 0 Å². The molecular formula is C15H14FNO3. The van der Waals surface area contributed by atoms with Crippen molar-refractivity contribution >= 4 is 11.7 Å². The highest BCUT2D eigenvalue weighted by molar-refractivity contribution is 5.79. The van der Waals surface area contributed by atoms with Crippen LogP contribution in [0.5, 0.6) is 5.75 Å². The molecule has 20 heavy (non-hydrogen) atoms. The molecular weight excluding hydrogens is 261 g/mol. The van der Waals surface area contributed by atoms with E-state index >= 15 is 0 Å². The quantitative estimate of drug-likeness (QED) is 0.880. The van der Waals surface area contributed by atoms with Gasteiger partial charge in [0, 0.05) is 5.69 Å². The van der Waals surface area contributed by atoms with Crippen LogP contribution in [0.4, 0.5) is 10.1 Å². The topological polar surface area (TPSA) is 58.6 Å². The summed E-state index contributed by atoms with van der Waals surface area (Å²) in [6.45, 7) is 0. The van der Waals surface area contributed by atoms with E-state index in [9.17, 15) is 14.3 Å². The van der Waals surface area contributed by atoms with E-state index in [0.29, 0.717) is 11.3 Å². The molecule has 2 N–H and O–H groups in total. The molecule has 4 nitrogen and oxygen atoms in total. The Balaban J connectivity index is 2.29. The van der Waals surface area contributed by atoms with Crippen molar-refractivity contribution in [2.75, 3.05) is 12.4 Å². The lowest BCUT2D eigenvalue weighted by atomic mass is 10.1. The van der Waals surface area contributed by atoms with Crippen LogP contribution in [0.3, 0.4) is 0 Å². The minimum atomic E-state index is -1.08. The Morgan fingerprint density at radius 3 is 2.50 bits per heavy atom. The Morgan fingerprint density at radius 1 is 1.25 bits per heavy atom. The van der Waals surface area contributed by atoms with Crippen molar-refractivity contribution in [1.29, 1.82) is 0 Å². The molecule has 2 rings (SSSR count). The lowest BCUT2D eigenvalue weighted by Gasteiger charge is -2.16. The van der Waals surface area contributed by atoms with Crippen LogP contribution in [-0.2, 0) is 4.79 Å². The summed E-state index contributed by atoms with van der Waals surface area (Å²) < 4.78 is 18.5. The molecule has 0 aliphatic carbocycles. The third kappa shape index (κ3) is 3.06. The summed E-state index contributed by atoms with van der Waals surface area (Å²) in [5, 5.41) is 12.1. The number of methoxy groups -OCH3 is 1. The molecule has 2 aromatic rings. The average Bonchev–Trinajstić information content (AvgIpc) is 2.45. The second-order valence-electron chi connectivity index (χ2n) is 4.18. The van der Waals surface area contributed by atoms with Gasteiger partial charge in [-0.25, -0.2) is 9.18 Å². The number of hydrogen-bond acceptors (Lipinski definition) is 3. The highest BCUT2D eigenvalue weighted by Crippen LogP contribution is 2.24. The largest absolute Gasteiger partial charge is 0.494 e. The first-order valence-electron chi connectivity index (χ1n) is 5.99. The number of benzene rings is 2. The Hall–Kier alpha value is -2.56. The van der Waals surface area contributed by atoms with Gasteiger partial charge in [-0.3, -0.25) is 0 Å². The van der Waals surface area contributed by atoms with Gasteiger partial charge in [-0.2, -0.15) is 0 Å². The van der Waals surface area contributed by atoms with E-state index in [2.05, 4.69) is 5.32 Å². The molecule has 0 amide bonds. The van der Waals surface area contributed by atoms with Gasteiger partial charge in [-0.05, 0) is 29.8 Å². The van der Waals surface area contributed by atoms with Gasteiger partial charge in [0.1, 0.15) is 0 Å². The number of carbonyl (C=O) groups is 1. The second kappa shape index (κ2) is 6.06. The lowest BCUT2D eigenvalue weighted by Crippen LogP contribution is -2.20. The SMILES string of the molecule is COc1ccc(C(Nc2ccccc2)C(=O)O)cc1F. The molecule has 0 aliphatic heterocycles. The van der Waals surface area contributed by atoms with Crippen molar-refractivity contribution in [2.45, 2.75) is 6.04 Å². The van der Waals surface area contributed by atoms with Gasteiger partial charge in [0.15, 0.2) is 17.6 Å². The first kappa shape index (κ1) is 13.9. The van der Waals surface area contributed by atoms with E-state index in [-0.39, 0.29) is 5.75 Å². The third-order valence-electron chi connectivity index (χ3n) is 2.84. The molecule has 1 atom stereocenters. The average molecular weight is 275 g/mol. The summed E-state index contributed by atoms with van der Waals surface area (Å²) >= 11 is 0. The number of hydrogen-bond donors (Lipinski definition) is 2. The molecule has 0 heterocycles. The number of para-hydroxylation sites is 1. The molecule has 5 heteroatoms. The van der Waals surface area contributed by atoms with Crippen molar-refractivity contribution in [2.24, 2.45) is 0 Å². The van der Waals surface area contributed by atoms with Crippen LogP contribution in [0.2, 0.25) is 0 Å². The van der Waals surface area contributed by atoms with Gasteiger partial charge in [0.05, 0.1) is 7.11 Å². The smallest absolute Gasteiger partial charge is 0.330 e. The van der Waals surface area contributed by atoms with E-state index in [1.54, 1.807) is 24.3 Å². The fourth-order valence-corrected chi connectivity index (χ4v) is 1.85. The van der Waals surface area contributed by atoms with E-state index in [0.717, 1.165) is 6.07 Å². The first-order chi connectivity index (χ1) is 9.61. The number of carboxylic acid groups (broad SMARTS) is 1. The van der Waals surface area contributed by atoms with Gasteiger partial charge in [-0.15, -0.1) is 0 Å².